The molecule has 5 nitrogen and oxygen atoms in total. The summed E-state index contributed by atoms with van der Waals surface area (Å²) in [7, 11) is 1.58. The van der Waals surface area contributed by atoms with Gasteiger partial charge in [0, 0.05) is 22.7 Å². The Bertz CT molecular complexity index is 925. The summed E-state index contributed by atoms with van der Waals surface area (Å²) in [5.41, 5.74) is 1.82. The van der Waals surface area contributed by atoms with Gasteiger partial charge in [-0.3, -0.25) is 10.1 Å². The first-order valence-corrected chi connectivity index (χ1v) is 9.33. The molecule has 0 saturated heterocycles. The minimum Gasteiger partial charge on any atom is -0.493 e. The monoisotopic (exact) mass is 400 g/mol. The quantitative estimate of drug-likeness (QED) is 0.564. The standard InChI is InChI=1S/C20H17ClN2O3S/c1-25-18-12-14(5-9-19(24)23-20-22-10-11-27-20)4-8-17(18)26-13-15-2-6-16(21)7-3-15/h2-12H,13H2,1H3,(H,22,23,24)/b9-5+. The van der Waals surface area contributed by atoms with Crippen LogP contribution in [-0.2, 0) is 11.4 Å². The van der Waals surface area contributed by atoms with Gasteiger partial charge in [0.15, 0.2) is 16.6 Å². The van der Waals surface area contributed by atoms with Crippen molar-refractivity contribution in [1.29, 1.82) is 0 Å². The lowest BCUT2D eigenvalue weighted by atomic mass is 10.2. The molecule has 0 aliphatic rings. The number of methoxy groups -OCH3 is 1. The van der Waals surface area contributed by atoms with Gasteiger partial charge < -0.3 is 9.47 Å². The van der Waals surface area contributed by atoms with Crippen LogP contribution < -0.4 is 14.8 Å². The van der Waals surface area contributed by atoms with E-state index in [0.717, 1.165) is 11.1 Å². The number of anilines is 1. The first-order chi connectivity index (χ1) is 13.1. The van der Waals surface area contributed by atoms with Crippen LogP contribution in [0.2, 0.25) is 5.02 Å². The van der Waals surface area contributed by atoms with Gasteiger partial charge in [-0.25, -0.2) is 4.98 Å². The van der Waals surface area contributed by atoms with Gasteiger partial charge in [-0.05, 0) is 41.5 Å². The molecule has 0 aliphatic carbocycles. The Balaban J connectivity index is 1.63. The van der Waals surface area contributed by atoms with Crippen molar-refractivity contribution < 1.29 is 14.3 Å². The van der Waals surface area contributed by atoms with Gasteiger partial charge in [0.1, 0.15) is 6.61 Å². The molecule has 0 aliphatic heterocycles. The van der Waals surface area contributed by atoms with Crippen molar-refractivity contribution in [3.8, 4) is 11.5 Å². The van der Waals surface area contributed by atoms with Crippen molar-refractivity contribution in [2.45, 2.75) is 6.61 Å². The molecule has 138 valence electrons. The van der Waals surface area contributed by atoms with Gasteiger partial charge in [-0.2, -0.15) is 0 Å². The molecule has 1 N–H and O–H groups in total. The van der Waals surface area contributed by atoms with E-state index in [1.807, 2.05) is 42.5 Å². The van der Waals surface area contributed by atoms with Gasteiger partial charge in [0.25, 0.3) is 0 Å². The topological polar surface area (TPSA) is 60.5 Å². The van der Waals surface area contributed by atoms with E-state index in [4.69, 9.17) is 21.1 Å². The molecule has 3 aromatic rings. The lowest BCUT2D eigenvalue weighted by molar-refractivity contribution is -0.111. The number of thiazole rings is 1. The van der Waals surface area contributed by atoms with Crippen LogP contribution in [0.1, 0.15) is 11.1 Å². The molecular weight excluding hydrogens is 384 g/mol. The summed E-state index contributed by atoms with van der Waals surface area (Å²) in [5.74, 6) is 0.968. The fraction of sp³-hybridized carbons (Fsp3) is 0.100. The average molecular weight is 401 g/mol. The Hall–Kier alpha value is -2.83. The Kier molecular flexibility index (Phi) is 6.46. The van der Waals surface area contributed by atoms with Gasteiger partial charge in [-0.15, -0.1) is 11.3 Å². The molecule has 0 radical (unpaired) electrons. The summed E-state index contributed by atoms with van der Waals surface area (Å²) < 4.78 is 11.2. The third-order valence-electron chi connectivity index (χ3n) is 3.58. The SMILES string of the molecule is COc1cc(/C=C/C(=O)Nc2nccs2)ccc1OCc1ccc(Cl)cc1. The van der Waals surface area contributed by atoms with Gasteiger partial charge in [0.2, 0.25) is 5.91 Å². The van der Waals surface area contributed by atoms with Crippen molar-refractivity contribution in [2.75, 3.05) is 12.4 Å². The maximum atomic E-state index is 11.9. The third kappa shape index (κ3) is 5.57. The highest BCUT2D eigenvalue weighted by atomic mass is 35.5. The number of carbonyl (C=O) groups excluding carboxylic acids is 1. The first kappa shape index (κ1) is 18.9. The molecule has 1 aromatic heterocycles. The van der Waals surface area contributed by atoms with Gasteiger partial charge in [-0.1, -0.05) is 29.8 Å². The predicted octanol–water partition coefficient (Wildman–Crippen LogP) is 5.04. The van der Waals surface area contributed by atoms with E-state index in [1.165, 1.54) is 17.4 Å². The molecule has 3 rings (SSSR count). The maximum Gasteiger partial charge on any atom is 0.250 e. The lowest BCUT2D eigenvalue weighted by Crippen LogP contribution is -2.07. The van der Waals surface area contributed by atoms with Crippen LogP contribution in [0, 0.1) is 0 Å². The molecule has 7 heteroatoms. The second kappa shape index (κ2) is 9.21. The summed E-state index contributed by atoms with van der Waals surface area (Å²) >= 11 is 7.25. The zero-order chi connectivity index (χ0) is 19.1. The number of ether oxygens (including phenoxy) is 2. The van der Waals surface area contributed by atoms with Crippen LogP contribution in [0.4, 0.5) is 5.13 Å². The van der Waals surface area contributed by atoms with E-state index in [1.54, 1.807) is 24.8 Å². The van der Waals surface area contributed by atoms with Crippen LogP contribution in [0.25, 0.3) is 6.08 Å². The van der Waals surface area contributed by atoms with Crippen LogP contribution in [-0.4, -0.2) is 18.0 Å². The fourth-order valence-corrected chi connectivity index (χ4v) is 2.91. The Morgan fingerprint density at radius 2 is 2.04 bits per heavy atom. The van der Waals surface area contributed by atoms with E-state index >= 15 is 0 Å². The predicted molar refractivity (Wildman–Crippen MR) is 109 cm³/mol. The highest BCUT2D eigenvalue weighted by molar-refractivity contribution is 7.13. The largest absolute Gasteiger partial charge is 0.493 e. The Morgan fingerprint density at radius 1 is 1.22 bits per heavy atom. The molecule has 2 aromatic carbocycles. The zero-order valence-electron chi connectivity index (χ0n) is 14.5. The molecule has 0 saturated carbocycles. The molecule has 0 bridgehead atoms. The molecule has 27 heavy (non-hydrogen) atoms. The van der Waals surface area contributed by atoms with Crippen molar-refractivity contribution in [3.63, 3.8) is 0 Å². The number of halogens is 1. The molecule has 0 fully saturated rings. The van der Waals surface area contributed by atoms with Crippen molar-refractivity contribution in [3.05, 3.63) is 76.3 Å². The number of nitrogens with one attached hydrogen (secondary N) is 1. The fourth-order valence-electron chi connectivity index (χ4n) is 2.25. The molecule has 0 atom stereocenters. The van der Waals surface area contributed by atoms with Crippen LogP contribution in [0.5, 0.6) is 11.5 Å². The van der Waals surface area contributed by atoms with Crippen molar-refractivity contribution in [2.24, 2.45) is 0 Å². The van der Waals surface area contributed by atoms with E-state index in [-0.39, 0.29) is 5.91 Å². The van der Waals surface area contributed by atoms with E-state index in [2.05, 4.69) is 10.3 Å². The molecule has 1 amide bonds. The summed E-state index contributed by atoms with van der Waals surface area (Å²) in [6.45, 7) is 0.402. The summed E-state index contributed by atoms with van der Waals surface area (Å²) in [5, 5.41) is 5.74. The van der Waals surface area contributed by atoms with Crippen molar-refractivity contribution >= 4 is 40.1 Å². The van der Waals surface area contributed by atoms with E-state index in [0.29, 0.717) is 28.3 Å². The first-order valence-electron chi connectivity index (χ1n) is 8.08. The average Bonchev–Trinajstić information content (AvgIpc) is 3.19. The Labute approximate surface area is 166 Å². The Morgan fingerprint density at radius 3 is 2.74 bits per heavy atom. The molecule has 0 spiro atoms. The third-order valence-corrected chi connectivity index (χ3v) is 4.53. The molecule has 0 unspecified atom stereocenters. The second-order valence-corrected chi connectivity index (χ2v) is 6.82. The zero-order valence-corrected chi connectivity index (χ0v) is 16.1. The number of amides is 1. The number of rotatable bonds is 7. The van der Waals surface area contributed by atoms with Crippen LogP contribution in [0.3, 0.4) is 0 Å². The number of hydrogen-bond donors (Lipinski definition) is 1. The molecular formula is C20H17ClN2O3S. The van der Waals surface area contributed by atoms with E-state index in [9.17, 15) is 4.79 Å². The minimum atomic E-state index is -0.244. The number of carbonyl (C=O) groups is 1. The summed E-state index contributed by atoms with van der Waals surface area (Å²) in [6, 6.07) is 12.9. The van der Waals surface area contributed by atoms with Gasteiger partial charge >= 0.3 is 0 Å². The van der Waals surface area contributed by atoms with Gasteiger partial charge in [0.05, 0.1) is 7.11 Å². The normalized spacial score (nSPS) is 10.7. The highest BCUT2D eigenvalue weighted by Crippen LogP contribution is 2.29. The number of benzene rings is 2. The van der Waals surface area contributed by atoms with Crippen molar-refractivity contribution in [1.82, 2.24) is 4.98 Å². The number of hydrogen-bond acceptors (Lipinski definition) is 5. The number of nitrogens with zero attached hydrogens (tertiary/aromatic N) is 1. The van der Waals surface area contributed by atoms with Crippen LogP contribution in [0.15, 0.2) is 60.1 Å². The maximum absolute atomic E-state index is 11.9. The highest BCUT2D eigenvalue weighted by Gasteiger charge is 2.06. The minimum absolute atomic E-state index is 0.244. The van der Waals surface area contributed by atoms with Crippen LogP contribution >= 0.6 is 22.9 Å². The molecule has 1 heterocycles. The second-order valence-electron chi connectivity index (χ2n) is 5.49. The van der Waals surface area contributed by atoms with E-state index < -0.39 is 0 Å². The smallest absolute Gasteiger partial charge is 0.250 e. The summed E-state index contributed by atoms with van der Waals surface area (Å²) in [6.07, 6.45) is 4.79. The lowest BCUT2D eigenvalue weighted by Gasteiger charge is -2.11. The summed E-state index contributed by atoms with van der Waals surface area (Å²) in [4.78, 5) is 15.9. The number of aromatic nitrogens is 1.